The molecule has 0 bridgehead atoms. The van der Waals surface area contributed by atoms with Gasteiger partial charge in [0.05, 0.1) is 6.54 Å². The van der Waals surface area contributed by atoms with E-state index in [9.17, 15) is 5.11 Å². The maximum Gasteiger partial charge on any atom is 0.289 e. The number of nitrogens with one attached hydrogen (secondary N) is 1. The fourth-order valence-electron chi connectivity index (χ4n) is 1.70. The molecule has 0 radical (unpaired) electrons. The first-order valence-corrected chi connectivity index (χ1v) is 5.48. The van der Waals surface area contributed by atoms with Gasteiger partial charge in [-0.25, -0.2) is 4.99 Å². The van der Waals surface area contributed by atoms with Crippen molar-refractivity contribution in [3.05, 3.63) is 23.3 Å². The zero-order valence-corrected chi connectivity index (χ0v) is 9.58. The van der Waals surface area contributed by atoms with E-state index in [1.54, 1.807) is 0 Å². The Bertz CT molecular complexity index is 427. The Balaban J connectivity index is 2.24. The van der Waals surface area contributed by atoms with Gasteiger partial charge in [0.2, 0.25) is 0 Å². The molecule has 0 atom stereocenters. The lowest BCUT2D eigenvalue weighted by Crippen LogP contribution is -2.12. The van der Waals surface area contributed by atoms with E-state index in [1.165, 1.54) is 0 Å². The van der Waals surface area contributed by atoms with E-state index in [0.29, 0.717) is 24.9 Å². The van der Waals surface area contributed by atoms with Crippen LogP contribution in [0.1, 0.15) is 18.1 Å². The Morgan fingerprint density at radius 1 is 1.50 bits per heavy atom. The third-order valence-electron chi connectivity index (χ3n) is 2.72. The summed E-state index contributed by atoms with van der Waals surface area (Å²) in [6.07, 6.45) is 0.824. The Morgan fingerprint density at radius 2 is 2.31 bits per heavy atom. The molecule has 2 N–H and O–H groups in total. The molecule has 0 spiro atoms. The summed E-state index contributed by atoms with van der Waals surface area (Å²) in [5.41, 5.74) is 2.63. The number of rotatable bonds is 2. The largest absolute Gasteiger partial charge is 0.507 e. The van der Waals surface area contributed by atoms with Crippen molar-refractivity contribution in [2.45, 2.75) is 20.3 Å². The fourth-order valence-corrected chi connectivity index (χ4v) is 1.70. The number of aliphatic imine (C=N–C) groups is 1. The van der Waals surface area contributed by atoms with E-state index in [0.717, 1.165) is 23.2 Å². The number of phenolic OH excluding ortho intramolecular Hbond substituents is 1. The highest BCUT2D eigenvalue weighted by Crippen LogP contribution is 2.29. The number of benzene rings is 1. The summed E-state index contributed by atoms with van der Waals surface area (Å²) in [6.45, 7) is 5.22. The van der Waals surface area contributed by atoms with Gasteiger partial charge in [-0.1, -0.05) is 13.0 Å². The molecule has 16 heavy (non-hydrogen) atoms. The van der Waals surface area contributed by atoms with Gasteiger partial charge in [0.1, 0.15) is 12.4 Å². The second kappa shape index (κ2) is 4.43. The van der Waals surface area contributed by atoms with Crippen LogP contribution >= 0.6 is 0 Å². The molecule has 2 rings (SSSR count). The van der Waals surface area contributed by atoms with E-state index >= 15 is 0 Å². The average molecular weight is 220 g/mol. The zero-order valence-electron chi connectivity index (χ0n) is 9.58. The van der Waals surface area contributed by atoms with Crippen molar-refractivity contribution in [1.29, 1.82) is 0 Å². The maximum atomic E-state index is 9.93. The number of nitrogens with zero attached hydrogens (tertiary/aromatic N) is 1. The standard InChI is InChI=1S/C12H16N2O2/c1-3-9-4-5-10(8(2)11(9)15)14-12-13-6-7-16-12/h4-5,15H,3,6-7H2,1-2H3,(H,13,14). The lowest BCUT2D eigenvalue weighted by atomic mass is 10.1. The number of ether oxygens (including phenoxy) is 1. The topological polar surface area (TPSA) is 53.9 Å². The second-order valence-electron chi connectivity index (χ2n) is 3.76. The predicted octanol–water partition coefficient (Wildman–Crippen LogP) is 2.06. The number of anilines is 1. The minimum atomic E-state index is 0.353. The Morgan fingerprint density at radius 3 is 2.94 bits per heavy atom. The average Bonchev–Trinajstić information content (AvgIpc) is 2.78. The summed E-state index contributed by atoms with van der Waals surface area (Å²) >= 11 is 0. The van der Waals surface area contributed by atoms with Gasteiger partial charge in [-0.05, 0) is 25.0 Å². The zero-order chi connectivity index (χ0) is 11.5. The van der Waals surface area contributed by atoms with Gasteiger partial charge >= 0.3 is 0 Å². The second-order valence-corrected chi connectivity index (χ2v) is 3.76. The summed E-state index contributed by atoms with van der Waals surface area (Å²) in [4.78, 5) is 4.15. The van der Waals surface area contributed by atoms with E-state index < -0.39 is 0 Å². The van der Waals surface area contributed by atoms with Crippen LogP contribution in [0.2, 0.25) is 0 Å². The predicted molar refractivity (Wildman–Crippen MR) is 64.1 cm³/mol. The smallest absolute Gasteiger partial charge is 0.289 e. The first-order valence-electron chi connectivity index (χ1n) is 5.48. The maximum absolute atomic E-state index is 9.93. The minimum absolute atomic E-state index is 0.353. The Kier molecular flexibility index (Phi) is 2.99. The molecule has 0 aromatic heterocycles. The quantitative estimate of drug-likeness (QED) is 0.802. The third kappa shape index (κ3) is 1.96. The third-order valence-corrected chi connectivity index (χ3v) is 2.72. The van der Waals surface area contributed by atoms with Gasteiger partial charge in [-0.15, -0.1) is 0 Å². The lowest BCUT2D eigenvalue weighted by molar-refractivity contribution is 0.346. The molecule has 4 nitrogen and oxygen atoms in total. The molecule has 0 saturated heterocycles. The first-order chi connectivity index (χ1) is 7.72. The fraction of sp³-hybridized carbons (Fsp3) is 0.417. The van der Waals surface area contributed by atoms with Crippen LogP contribution in [0.4, 0.5) is 5.69 Å². The molecule has 0 aliphatic carbocycles. The highest BCUT2D eigenvalue weighted by Gasteiger charge is 2.12. The number of aromatic hydroxyl groups is 1. The summed E-state index contributed by atoms with van der Waals surface area (Å²) in [5.74, 6) is 0.353. The monoisotopic (exact) mass is 220 g/mol. The molecule has 0 saturated carbocycles. The van der Waals surface area contributed by atoms with E-state index in [4.69, 9.17) is 4.74 Å². The van der Waals surface area contributed by atoms with Crippen LogP contribution < -0.4 is 5.32 Å². The van der Waals surface area contributed by atoms with Crippen molar-refractivity contribution in [2.24, 2.45) is 4.99 Å². The van der Waals surface area contributed by atoms with Gasteiger partial charge in [0.25, 0.3) is 6.02 Å². The van der Waals surface area contributed by atoms with Gasteiger partial charge < -0.3 is 15.2 Å². The van der Waals surface area contributed by atoms with Crippen LogP contribution in [-0.2, 0) is 11.2 Å². The van der Waals surface area contributed by atoms with Crippen molar-refractivity contribution in [3.63, 3.8) is 0 Å². The first kappa shape index (κ1) is 10.8. The van der Waals surface area contributed by atoms with Gasteiger partial charge in [0, 0.05) is 11.3 Å². The van der Waals surface area contributed by atoms with Crippen molar-refractivity contribution in [1.82, 2.24) is 0 Å². The molecule has 1 aromatic carbocycles. The molecule has 0 amide bonds. The molecular weight excluding hydrogens is 204 g/mol. The van der Waals surface area contributed by atoms with Crippen LogP contribution in [0.25, 0.3) is 0 Å². The lowest BCUT2D eigenvalue weighted by Gasteiger charge is -2.12. The summed E-state index contributed by atoms with van der Waals surface area (Å²) in [6, 6.07) is 4.39. The Hall–Kier alpha value is -1.71. The summed E-state index contributed by atoms with van der Waals surface area (Å²) in [7, 11) is 0. The molecule has 1 aliphatic heterocycles. The van der Waals surface area contributed by atoms with Crippen molar-refractivity contribution < 1.29 is 9.84 Å². The van der Waals surface area contributed by atoms with Gasteiger partial charge in [-0.3, -0.25) is 0 Å². The van der Waals surface area contributed by atoms with E-state index in [1.807, 2.05) is 26.0 Å². The molecular formula is C12H16N2O2. The molecule has 1 aromatic rings. The molecule has 1 heterocycles. The molecule has 1 aliphatic rings. The van der Waals surface area contributed by atoms with Gasteiger partial charge in [-0.2, -0.15) is 0 Å². The number of hydrogen-bond donors (Lipinski definition) is 2. The van der Waals surface area contributed by atoms with Crippen LogP contribution in [-0.4, -0.2) is 24.3 Å². The highest BCUT2D eigenvalue weighted by atomic mass is 16.5. The van der Waals surface area contributed by atoms with Crippen LogP contribution in [0.3, 0.4) is 0 Å². The number of phenols is 1. The van der Waals surface area contributed by atoms with Crippen LogP contribution in [0.5, 0.6) is 5.75 Å². The van der Waals surface area contributed by atoms with Crippen LogP contribution in [0, 0.1) is 6.92 Å². The molecule has 86 valence electrons. The number of aryl methyl sites for hydroxylation is 1. The molecule has 4 heteroatoms. The normalized spacial score (nSPS) is 14.5. The number of amidine groups is 1. The van der Waals surface area contributed by atoms with E-state index in [2.05, 4.69) is 10.3 Å². The highest BCUT2D eigenvalue weighted by molar-refractivity contribution is 5.91. The Labute approximate surface area is 95.0 Å². The van der Waals surface area contributed by atoms with Crippen molar-refractivity contribution in [2.75, 3.05) is 18.5 Å². The van der Waals surface area contributed by atoms with Crippen molar-refractivity contribution >= 4 is 11.7 Å². The minimum Gasteiger partial charge on any atom is -0.507 e. The van der Waals surface area contributed by atoms with Crippen LogP contribution in [0.15, 0.2) is 17.1 Å². The van der Waals surface area contributed by atoms with Crippen molar-refractivity contribution in [3.8, 4) is 5.75 Å². The summed E-state index contributed by atoms with van der Waals surface area (Å²) in [5, 5.41) is 13.0. The summed E-state index contributed by atoms with van der Waals surface area (Å²) < 4.78 is 5.27. The van der Waals surface area contributed by atoms with Gasteiger partial charge in [0.15, 0.2) is 0 Å². The van der Waals surface area contributed by atoms with E-state index in [-0.39, 0.29) is 0 Å². The molecule has 0 unspecified atom stereocenters. The number of hydrogen-bond acceptors (Lipinski definition) is 4. The molecule has 0 fully saturated rings. The SMILES string of the molecule is CCc1ccc(NC2=NCCO2)c(C)c1O.